The minimum atomic E-state index is -0.165. The molecule has 4 nitrogen and oxygen atoms in total. The van der Waals surface area contributed by atoms with Gasteiger partial charge in [-0.25, -0.2) is 0 Å². The highest BCUT2D eigenvalue weighted by atomic mass is 35.5. The van der Waals surface area contributed by atoms with Gasteiger partial charge in [-0.2, -0.15) is 0 Å². The zero-order valence-electron chi connectivity index (χ0n) is 15.1. The lowest BCUT2D eigenvalue weighted by Crippen LogP contribution is -2.27. The second-order valence-electron chi connectivity index (χ2n) is 6.67. The number of ether oxygens (including phenoxy) is 1. The van der Waals surface area contributed by atoms with Gasteiger partial charge in [-0.15, -0.1) is 0 Å². The van der Waals surface area contributed by atoms with Crippen LogP contribution in [0.1, 0.15) is 31.2 Å². The number of nitrogens with one attached hydrogen (secondary N) is 1. The lowest BCUT2D eigenvalue weighted by molar-refractivity contribution is -0.118. The van der Waals surface area contributed by atoms with Gasteiger partial charge in [-0.1, -0.05) is 36.6 Å². The molecule has 1 heterocycles. The van der Waals surface area contributed by atoms with Crippen LogP contribution in [0.15, 0.2) is 42.5 Å². The van der Waals surface area contributed by atoms with Crippen molar-refractivity contribution in [1.82, 2.24) is 0 Å². The fourth-order valence-electron chi connectivity index (χ4n) is 3.27. The molecular weight excluding hydrogens is 348 g/mol. The van der Waals surface area contributed by atoms with E-state index in [0.717, 1.165) is 30.0 Å². The van der Waals surface area contributed by atoms with Crippen LogP contribution in [0.25, 0.3) is 0 Å². The third kappa shape index (κ3) is 4.92. The van der Waals surface area contributed by atoms with Crippen molar-refractivity contribution in [3.63, 3.8) is 0 Å². The minimum Gasteiger partial charge on any atom is -0.483 e. The normalized spacial score (nSPS) is 14.6. The summed E-state index contributed by atoms with van der Waals surface area (Å²) in [4.78, 5) is 14.8. The molecule has 0 spiro atoms. The first-order valence-electron chi connectivity index (χ1n) is 9.16. The molecule has 1 saturated heterocycles. The number of nitrogens with zero attached hydrogens (tertiary/aromatic N) is 1. The van der Waals surface area contributed by atoms with Crippen LogP contribution in [0.2, 0.25) is 5.02 Å². The van der Waals surface area contributed by atoms with E-state index in [0.29, 0.717) is 10.8 Å². The lowest BCUT2D eigenvalue weighted by Gasteiger charge is -2.25. The summed E-state index contributed by atoms with van der Waals surface area (Å²) in [6.07, 6.45) is 4.95. The Morgan fingerprint density at radius 2 is 1.85 bits per heavy atom. The van der Waals surface area contributed by atoms with Gasteiger partial charge in [0, 0.05) is 18.1 Å². The lowest BCUT2D eigenvalue weighted by atomic mass is 10.2. The number of hydrogen-bond acceptors (Lipinski definition) is 3. The molecule has 0 radical (unpaired) electrons. The molecule has 2 aromatic rings. The second kappa shape index (κ2) is 8.95. The van der Waals surface area contributed by atoms with Crippen LogP contribution in [0.5, 0.6) is 5.75 Å². The highest BCUT2D eigenvalue weighted by Gasteiger charge is 2.15. The van der Waals surface area contributed by atoms with E-state index in [1.807, 2.05) is 31.2 Å². The van der Waals surface area contributed by atoms with Gasteiger partial charge < -0.3 is 15.0 Å². The van der Waals surface area contributed by atoms with Crippen molar-refractivity contribution in [2.75, 3.05) is 29.9 Å². The number of carbonyl (C=O) groups is 1. The molecule has 0 aliphatic carbocycles. The van der Waals surface area contributed by atoms with Crippen LogP contribution in [0.3, 0.4) is 0 Å². The van der Waals surface area contributed by atoms with Crippen molar-refractivity contribution in [3.8, 4) is 5.75 Å². The van der Waals surface area contributed by atoms with Crippen molar-refractivity contribution in [3.05, 3.63) is 53.1 Å². The SMILES string of the molecule is Cc1cc(Cl)ccc1OCC(=O)Nc1ccccc1N1CCCCCC1. The molecule has 0 bridgehead atoms. The molecule has 0 aromatic heterocycles. The summed E-state index contributed by atoms with van der Waals surface area (Å²) in [5, 5.41) is 3.66. The number of amides is 1. The number of hydrogen-bond donors (Lipinski definition) is 1. The van der Waals surface area contributed by atoms with E-state index in [1.165, 1.54) is 25.7 Å². The first-order chi connectivity index (χ1) is 12.6. The summed E-state index contributed by atoms with van der Waals surface area (Å²) in [6.45, 7) is 3.95. The Morgan fingerprint density at radius 1 is 1.12 bits per heavy atom. The van der Waals surface area contributed by atoms with Gasteiger partial charge in [0.1, 0.15) is 5.75 Å². The molecule has 1 fully saturated rings. The predicted octanol–water partition coefficient (Wildman–Crippen LogP) is 5.05. The summed E-state index contributed by atoms with van der Waals surface area (Å²) >= 11 is 5.95. The molecule has 138 valence electrons. The van der Waals surface area contributed by atoms with E-state index >= 15 is 0 Å². The highest BCUT2D eigenvalue weighted by Crippen LogP contribution is 2.28. The van der Waals surface area contributed by atoms with Crippen LogP contribution in [0, 0.1) is 6.92 Å². The molecular formula is C21H25ClN2O2. The van der Waals surface area contributed by atoms with Crippen molar-refractivity contribution >= 4 is 28.9 Å². The Hall–Kier alpha value is -2.20. The van der Waals surface area contributed by atoms with E-state index in [1.54, 1.807) is 12.1 Å². The standard InChI is InChI=1S/C21H25ClN2O2/c1-16-14-17(22)10-11-20(16)26-15-21(25)23-18-8-4-5-9-19(18)24-12-6-2-3-7-13-24/h4-5,8-11,14H,2-3,6-7,12-13,15H2,1H3,(H,23,25). The number of rotatable bonds is 5. The van der Waals surface area contributed by atoms with Crippen molar-refractivity contribution < 1.29 is 9.53 Å². The van der Waals surface area contributed by atoms with Crippen LogP contribution in [0.4, 0.5) is 11.4 Å². The van der Waals surface area contributed by atoms with E-state index < -0.39 is 0 Å². The first-order valence-corrected chi connectivity index (χ1v) is 9.54. The van der Waals surface area contributed by atoms with Crippen LogP contribution < -0.4 is 15.0 Å². The van der Waals surface area contributed by atoms with E-state index in [-0.39, 0.29) is 12.5 Å². The number of benzene rings is 2. The topological polar surface area (TPSA) is 41.6 Å². The van der Waals surface area contributed by atoms with E-state index in [4.69, 9.17) is 16.3 Å². The average molecular weight is 373 g/mol. The van der Waals surface area contributed by atoms with Gasteiger partial charge in [-0.3, -0.25) is 4.79 Å². The van der Waals surface area contributed by atoms with Crippen molar-refractivity contribution in [2.24, 2.45) is 0 Å². The van der Waals surface area contributed by atoms with Crippen LogP contribution >= 0.6 is 11.6 Å². The molecule has 5 heteroatoms. The van der Waals surface area contributed by atoms with Crippen LogP contribution in [-0.4, -0.2) is 25.6 Å². The third-order valence-corrected chi connectivity index (χ3v) is 4.86. The van der Waals surface area contributed by atoms with Gasteiger partial charge in [0.15, 0.2) is 6.61 Å². The van der Waals surface area contributed by atoms with E-state index in [9.17, 15) is 4.79 Å². The third-order valence-electron chi connectivity index (χ3n) is 4.62. The molecule has 1 aliphatic rings. The molecule has 1 aliphatic heterocycles. The molecule has 0 atom stereocenters. The maximum atomic E-state index is 12.4. The Kier molecular flexibility index (Phi) is 6.40. The molecule has 26 heavy (non-hydrogen) atoms. The van der Waals surface area contributed by atoms with Gasteiger partial charge in [0.25, 0.3) is 5.91 Å². The van der Waals surface area contributed by atoms with Crippen molar-refractivity contribution in [1.29, 1.82) is 0 Å². The molecule has 1 amide bonds. The van der Waals surface area contributed by atoms with E-state index in [2.05, 4.69) is 16.3 Å². The largest absolute Gasteiger partial charge is 0.483 e. The second-order valence-corrected chi connectivity index (χ2v) is 7.10. The molecule has 0 unspecified atom stereocenters. The maximum absolute atomic E-state index is 12.4. The Bertz CT molecular complexity index is 755. The first kappa shape index (κ1) is 18.6. The summed E-state index contributed by atoms with van der Waals surface area (Å²) in [7, 11) is 0. The van der Waals surface area contributed by atoms with Gasteiger partial charge in [0.2, 0.25) is 0 Å². The fourth-order valence-corrected chi connectivity index (χ4v) is 3.50. The van der Waals surface area contributed by atoms with Gasteiger partial charge in [0.05, 0.1) is 11.4 Å². The summed E-state index contributed by atoms with van der Waals surface area (Å²) in [6, 6.07) is 13.4. The zero-order chi connectivity index (χ0) is 18.4. The maximum Gasteiger partial charge on any atom is 0.262 e. The summed E-state index contributed by atoms with van der Waals surface area (Å²) < 4.78 is 5.65. The molecule has 1 N–H and O–H groups in total. The number of para-hydroxylation sites is 2. The molecule has 2 aromatic carbocycles. The zero-order valence-corrected chi connectivity index (χ0v) is 15.9. The highest BCUT2D eigenvalue weighted by molar-refractivity contribution is 6.30. The quantitative estimate of drug-likeness (QED) is 0.798. The average Bonchev–Trinajstić information content (AvgIpc) is 2.91. The number of carbonyl (C=O) groups excluding carboxylic acids is 1. The Morgan fingerprint density at radius 3 is 2.58 bits per heavy atom. The molecule has 3 rings (SSSR count). The smallest absolute Gasteiger partial charge is 0.262 e. The Labute approximate surface area is 160 Å². The van der Waals surface area contributed by atoms with Crippen molar-refractivity contribution in [2.45, 2.75) is 32.6 Å². The number of halogens is 1. The fraction of sp³-hybridized carbons (Fsp3) is 0.381. The monoisotopic (exact) mass is 372 g/mol. The number of anilines is 2. The number of aryl methyl sites for hydroxylation is 1. The minimum absolute atomic E-state index is 0.0309. The predicted molar refractivity (Wildman–Crippen MR) is 107 cm³/mol. The summed E-state index contributed by atoms with van der Waals surface area (Å²) in [5.41, 5.74) is 2.84. The van der Waals surface area contributed by atoms with Crippen LogP contribution in [-0.2, 0) is 4.79 Å². The summed E-state index contributed by atoms with van der Waals surface area (Å²) in [5.74, 6) is 0.506. The Balaban J connectivity index is 1.63. The molecule has 0 saturated carbocycles. The van der Waals surface area contributed by atoms with Gasteiger partial charge >= 0.3 is 0 Å². The van der Waals surface area contributed by atoms with Gasteiger partial charge in [-0.05, 0) is 55.7 Å².